The minimum absolute atomic E-state index is 0.221. The molecule has 148 valence electrons. The molecule has 0 N–H and O–H groups in total. The summed E-state index contributed by atoms with van der Waals surface area (Å²) >= 11 is 1.61. The van der Waals surface area contributed by atoms with Gasteiger partial charge < -0.3 is 14.4 Å². The molecule has 6 heteroatoms. The molecule has 0 atom stereocenters. The van der Waals surface area contributed by atoms with E-state index >= 15 is 0 Å². The van der Waals surface area contributed by atoms with Gasteiger partial charge in [0.2, 0.25) is 5.91 Å². The molecule has 1 aromatic heterocycles. The number of amides is 1. The lowest BCUT2D eigenvalue weighted by atomic mass is 9.96. The highest BCUT2D eigenvalue weighted by atomic mass is 32.1. The lowest BCUT2D eigenvalue weighted by Crippen LogP contribution is -2.31. The van der Waals surface area contributed by atoms with Crippen LogP contribution in [0.1, 0.15) is 24.5 Å². The predicted octanol–water partition coefficient (Wildman–Crippen LogP) is 4.72. The van der Waals surface area contributed by atoms with E-state index in [1.165, 1.54) is 5.56 Å². The Balaban J connectivity index is 1.50. The van der Waals surface area contributed by atoms with Crippen LogP contribution >= 0.6 is 11.3 Å². The third-order valence-corrected chi connectivity index (χ3v) is 6.41. The number of hydrogen-bond donors (Lipinski definition) is 0. The fourth-order valence-electron chi connectivity index (χ4n) is 4.24. The summed E-state index contributed by atoms with van der Waals surface area (Å²) in [7, 11) is 1.65. The quantitative estimate of drug-likeness (QED) is 0.615. The summed E-state index contributed by atoms with van der Waals surface area (Å²) in [6, 6.07) is 10.3. The molecule has 5 nitrogen and oxygen atoms in total. The minimum atomic E-state index is 0.221. The minimum Gasteiger partial charge on any atom is -0.493 e. The van der Waals surface area contributed by atoms with E-state index in [1.54, 1.807) is 18.4 Å². The van der Waals surface area contributed by atoms with Gasteiger partial charge in [0.15, 0.2) is 11.5 Å². The van der Waals surface area contributed by atoms with E-state index < -0.39 is 0 Å². The smallest absolute Gasteiger partial charge is 0.231 e. The third-order valence-electron chi connectivity index (χ3n) is 5.52. The molecule has 0 aliphatic carbocycles. The molecule has 2 aliphatic heterocycles. The molecule has 0 unspecified atom stereocenters. The number of carbonyl (C=O) groups excluding carboxylic acids is 1. The normalized spacial score (nSPS) is 14.8. The van der Waals surface area contributed by atoms with Crippen LogP contribution in [0, 0.1) is 0 Å². The highest BCUT2D eigenvalue weighted by Crippen LogP contribution is 2.41. The van der Waals surface area contributed by atoms with E-state index in [0.29, 0.717) is 18.8 Å². The first kappa shape index (κ1) is 18.2. The van der Waals surface area contributed by atoms with Crippen LogP contribution in [0.5, 0.6) is 11.5 Å². The number of hydrogen-bond acceptors (Lipinski definition) is 5. The molecule has 2 aromatic carbocycles. The number of anilines is 1. The van der Waals surface area contributed by atoms with E-state index in [0.717, 1.165) is 58.2 Å². The van der Waals surface area contributed by atoms with Crippen LogP contribution < -0.4 is 14.4 Å². The first-order chi connectivity index (χ1) is 14.2. The lowest BCUT2D eigenvalue weighted by molar-refractivity contribution is -0.117. The van der Waals surface area contributed by atoms with E-state index in [4.69, 9.17) is 14.5 Å². The Kier molecular flexibility index (Phi) is 4.51. The summed E-state index contributed by atoms with van der Waals surface area (Å²) in [5.74, 6) is 1.67. The van der Waals surface area contributed by atoms with Gasteiger partial charge in [-0.15, -0.1) is 11.3 Å². The molecule has 0 fully saturated rings. The van der Waals surface area contributed by atoms with Gasteiger partial charge >= 0.3 is 0 Å². The zero-order valence-corrected chi connectivity index (χ0v) is 17.3. The highest BCUT2D eigenvalue weighted by molar-refractivity contribution is 7.13. The zero-order valence-electron chi connectivity index (χ0n) is 16.5. The number of aromatic nitrogens is 1. The molecular formula is C23H22N2O3S. The molecule has 0 saturated heterocycles. The Morgan fingerprint density at radius 1 is 1.14 bits per heavy atom. The van der Waals surface area contributed by atoms with Gasteiger partial charge in [-0.2, -0.15) is 0 Å². The van der Waals surface area contributed by atoms with Crippen LogP contribution in [0.2, 0.25) is 0 Å². The van der Waals surface area contributed by atoms with Crippen molar-refractivity contribution in [3.05, 3.63) is 46.8 Å². The molecule has 0 saturated carbocycles. The summed E-state index contributed by atoms with van der Waals surface area (Å²) in [6.45, 7) is 3.40. The summed E-state index contributed by atoms with van der Waals surface area (Å²) in [5, 5.41) is 3.03. The summed E-state index contributed by atoms with van der Waals surface area (Å²) in [4.78, 5) is 19.1. The maximum atomic E-state index is 12.3. The molecule has 0 radical (unpaired) electrons. The zero-order chi connectivity index (χ0) is 20.0. The van der Waals surface area contributed by atoms with Crippen LogP contribution in [-0.4, -0.2) is 31.2 Å². The largest absolute Gasteiger partial charge is 0.493 e. The molecule has 2 aliphatic rings. The second-order valence-corrected chi connectivity index (χ2v) is 8.16. The number of carbonyl (C=O) groups is 1. The van der Waals surface area contributed by atoms with Gasteiger partial charge in [0.1, 0.15) is 5.01 Å². The van der Waals surface area contributed by atoms with E-state index in [9.17, 15) is 4.79 Å². The topological polar surface area (TPSA) is 51.7 Å². The number of ether oxygens (including phenoxy) is 2. The second-order valence-electron chi connectivity index (χ2n) is 7.31. The van der Waals surface area contributed by atoms with Crippen molar-refractivity contribution in [1.82, 2.24) is 4.98 Å². The van der Waals surface area contributed by atoms with Crippen molar-refractivity contribution in [3.8, 4) is 33.3 Å². The average molecular weight is 407 g/mol. The van der Waals surface area contributed by atoms with Crippen molar-refractivity contribution in [2.24, 2.45) is 0 Å². The SMILES string of the molecule is CCOc1ccc(-c2nc(-c3cc4c5c(c3)CC(=O)N5CCC4)cs2)cc1OC. The van der Waals surface area contributed by atoms with Crippen molar-refractivity contribution < 1.29 is 14.3 Å². The molecule has 3 aromatic rings. The number of benzene rings is 2. The van der Waals surface area contributed by atoms with Crippen LogP contribution in [0.4, 0.5) is 5.69 Å². The van der Waals surface area contributed by atoms with Crippen molar-refractivity contribution in [3.63, 3.8) is 0 Å². The highest BCUT2D eigenvalue weighted by Gasteiger charge is 2.32. The molecule has 3 heterocycles. The molecular weight excluding hydrogens is 384 g/mol. The first-order valence-electron chi connectivity index (χ1n) is 9.91. The Morgan fingerprint density at radius 2 is 2.00 bits per heavy atom. The van der Waals surface area contributed by atoms with Crippen LogP contribution in [0.15, 0.2) is 35.7 Å². The fourth-order valence-corrected chi connectivity index (χ4v) is 5.07. The maximum absolute atomic E-state index is 12.3. The van der Waals surface area contributed by atoms with Crippen molar-refractivity contribution >= 4 is 22.9 Å². The Hall–Kier alpha value is -2.86. The maximum Gasteiger partial charge on any atom is 0.231 e. The van der Waals surface area contributed by atoms with Gasteiger partial charge in [-0.1, -0.05) is 0 Å². The predicted molar refractivity (Wildman–Crippen MR) is 115 cm³/mol. The molecule has 5 rings (SSSR count). The van der Waals surface area contributed by atoms with Crippen molar-refractivity contribution in [2.45, 2.75) is 26.2 Å². The summed E-state index contributed by atoms with van der Waals surface area (Å²) < 4.78 is 11.1. The van der Waals surface area contributed by atoms with Crippen LogP contribution in [-0.2, 0) is 17.6 Å². The second kappa shape index (κ2) is 7.19. The average Bonchev–Trinajstić information content (AvgIpc) is 3.35. The number of methoxy groups -OCH3 is 1. The van der Waals surface area contributed by atoms with Gasteiger partial charge in [-0.3, -0.25) is 4.79 Å². The van der Waals surface area contributed by atoms with Crippen LogP contribution in [0.25, 0.3) is 21.8 Å². The third kappa shape index (κ3) is 3.08. The van der Waals surface area contributed by atoms with E-state index in [2.05, 4.69) is 17.5 Å². The first-order valence-corrected chi connectivity index (χ1v) is 10.8. The molecule has 0 spiro atoms. The Morgan fingerprint density at radius 3 is 2.83 bits per heavy atom. The van der Waals surface area contributed by atoms with Gasteiger partial charge in [0.25, 0.3) is 0 Å². The van der Waals surface area contributed by atoms with Crippen LogP contribution in [0.3, 0.4) is 0 Å². The summed E-state index contributed by atoms with van der Waals surface area (Å²) in [6.07, 6.45) is 2.55. The summed E-state index contributed by atoms with van der Waals surface area (Å²) in [5.41, 5.74) is 6.61. The van der Waals surface area contributed by atoms with E-state index in [1.807, 2.05) is 30.0 Å². The number of rotatable bonds is 5. The lowest BCUT2D eigenvalue weighted by Gasteiger charge is -2.25. The number of nitrogens with zero attached hydrogens (tertiary/aromatic N) is 2. The van der Waals surface area contributed by atoms with Gasteiger partial charge in [0, 0.05) is 23.1 Å². The Labute approximate surface area is 173 Å². The van der Waals surface area contributed by atoms with Gasteiger partial charge in [0.05, 0.1) is 31.5 Å². The molecule has 1 amide bonds. The number of thiazole rings is 1. The van der Waals surface area contributed by atoms with Crippen molar-refractivity contribution in [2.75, 3.05) is 25.2 Å². The van der Waals surface area contributed by atoms with Gasteiger partial charge in [-0.05, 0) is 61.2 Å². The van der Waals surface area contributed by atoms with E-state index in [-0.39, 0.29) is 5.91 Å². The Bertz CT molecular complexity index is 1110. The standard InChI is InChI=1S/C23H22N2O3S/c1-3-28-19-7-6-15(11-20(19)27-2)23-24-18(13-29-23)16-9-14-5-4-8-25-21(26)12-17(10-16)22(14)25/h6-7,9-11,13H,3-5,8,12H2,1-2H3. The fraction of sp³-hybridized carbons (Fsp3) is 0.304. The van der Waals surface area contributed by atoms with Crippen molar-refractivity contribution in [1.29, 1.82) is 0 Å². The number of aryl methyl sites for hydroxylation is 1. The van der Waals surface area contributed by atoms with Gasteiger partial charge in [-0.25, -0.2) is 4.98 Å². The monoisotopic (exact) mass is 406 g/mol. The molecule has 0 bridgehead atoms. The molecule has 29 heavy (non-hydrogen) atoms.